The van der Waals surface area contributed by atoms with Crippen molar-refractivity contribution in [2.75, 3.05) is 0 Å². The van der Waals surface area contributed by atoms with Crippen LogP contribution in [0.1, 0.15) is 38.5 Å². The normalized spacial score (nSPS) is 31.1. The number of carbonyl (C=O) groups is 2. The Morgan fingerprint density at radius 1 is 0.636 bits per heavy atom. The maximum Gasteiger partial charge on any atom is 1.00 e. The quantitative estimate of drug-likeness (QED) is 0.334. The van der Waals surface area contributed by atoms with Crippen LogP contribution in [0.25, 0.3) is 0 Å². The Morgan fingerprint density at radius 2 is 0.864 bits per heavy atom. The van der Waals surface area contributed by atoms with Gasteiger partial charge in [0.1, 0.15) is 0 Å². The van der Waals surface area contributed by atoms with Crippen molar-refractivity contribution in [2.24, 2.45) is 23.7 Å². The van der Waals surface area contributed by atoms with Gasteiger partial charge in [-0.05, 0) is 62.2 Å². The molecule has 0 saturated heterocycles. The van der Waals surface area contributed by atoms with Crippen LogP contribution in [0.15, 0.2) is 24.3 Å². The molecule has 4 aliphatic carbocycles. The van der Waals surface area contributed by atoms with Gasteiger partial charge in [-0.3, -0.25) is 0 Å². The van der Waals surface area contributed by atoms with Gasteiger partial charge in [-0.1, -0.05) is 24.3 Å². The monoisotopic (exact) mass is 402 g/mol. The largest absolute Gasteiger partial charge is 1.00 e. The Kier molecular flexibility index (Phi) is 10.0. The maximum atomic E-state index is 8.93. The van der Waals surface area contributed by atoms with Crippen molar-refractivity contribution in [3.8, 4) is 0 Å². The van der Waals surface area contributed by atoms with Crippen LogP contribution in [0.2, 0.25) is 0 Å². The van der Waals surface area contributed by atoms with Crippen LogP contribution in [-0.4, -0.2) is 11.9 Å². The number of carboxylic acids is 2. The van der Waals surface area contributed by atoms with Gasteiger partial charge < -0.3 is 19.8 Å². The summed E-state index contributed by atoms with van der Waals surface area (Å²) in [6.07, 6.45) is 18.4. The van der Waals surface area contributed by atoms with Crippen molar-refractivity contribution >= 4 is 11.9 Å². The molecule has 6 heteroatoms. The summed E-state index contributed by atoms with van der Waals surface area (Å²) in [6, 6.07) is 0. The van der Waals surface area contributed by atoms with Crippen LogP contribution < -0.4 is 10.2 Å². The van der Waals surface area contributed by atoms with Gasteiger partial charge in [-0.2, -0.15) is 0 Å². The molecule has 0 heterocycles. The molecule has 0 aliphatic heterocycles. The predicted molar refractivity (Wildman–Crippen MR) is 70.0 cm³/mol. The van der Waals surface area contributed by atoms with Crippen molar-refractivity contribution in [2.45, 2.75) is 38.5 Å². The standard InChI is InChI=1S/2C7H10.C2H2O4.2Cu/c2*1-2-7-4-3-6(1)5-7;3-1(4)2(5)6;;/h2*1-2,6-7H,3-5H2;(H,3,4)(H,5,6);;/q;;;2*+1/p-2. The molecule has 0 aromatic heterocycles. The van der Waals surface area contributed by atoms with Gasteiger partial charge in [0.05, 0.1) is 11.9 Å². The van der Waals surface area contributed by atoms with E-state index in [9.17, 15) is 0 Å². The summed E-state index contributed by atoms with van der Waals surface area (Å²) < 4.78 is 0. The molecule has 2 saturated carbocycles. The zero-order valence-corrected chi connectivity index (χ0v) is 14.0. The smallest absolute Gasteiger partial charge is 0.543 e. The molecule has 4 rings (SSSR count). The van der Waals surface area contributed by atoms with Crippen molar-refractivity contribution in [1.82, 2.24) is 0 Å². The van der Waals surface area contributed by atoms with Crippen LogP contribution in [0, 0.1) is 23.7 Å². The van der Waals surface area contributed by atoms with E-state index < -0.39 is 11.9 Å². The minimum atomic E-state index is -2.19. The summed E-state index contributed by atoms with van der Waals surface area (Å²) in [7, 11) is 0. The molecule has 0 aromatic rings. The molecule has 0 aromatic carbocycles. The first-order chi connectivity index (χ1) is 9.54. The number of carboxylic acid groups (broad SMARTS) is 2. The molecule has 4 aliphatic rings. The third-order valence-electron chi connectivity index (χ3n) is 4.51. The van der Waals surface area contributed by atoms with E-state index in [4.69, 9.17) is 19.8 Å². The first-order valence-corrected chi connectivity index (χ1v) is 7.33. The Labute approximate surface area is 152 Å². The van der Waals surface area contributed by atoms with Gasteiger partial charge in [0.15, 0.2) is 0 Å². The fourth-order valence-corrected chi connectivity index (χ4v) is 3.43. The van der Waals surface area contributed by atoms with Gasteiger partial charge in [-0.25, -0.2) is 0 Å². The number of fused-ring (bicyclic) bond motifs is 4. The topological polar surface area (TPSA) is 80.3 Å². The van der Waals surface area contributed by atoms with E-state index in [0.717, 1.165) is 23.7 Å². The Balaban J connectivity index is 0.000000290. The number of allylic oxidation sites excluding steroid dienone is 4. The maximum absolute atomic E-state index is 8.93. The second-order valence-electron chi connectivity index (χ2n) is 6.01. The molecular formula is C16H20Cu2O4. The fraction of sp³-hybridized carbons (Fsp3) is 0.625. The molecule has 4 atom stereocenters. The van der Waals surface area contributed by atoms with Crippen LogP contribution in [0.4, 0.5) is 0 Å². The number of aliphatic carboxylic acids is 2. The molecule has 0 spiro atoms. The molecule has 2 fully saturated rings. The minimum absolute atomic E-state index is 0. The third-order valence-corrected chi connectivity index (χ3v) is 4.51. The molecule has 4 bridgehead atoms. The summed E-state index contributed by atoms with van der Waals surface area (Å²) in [5.74, 6) is -0.407. The van der Waals surface area contributed by atoms with E-state index in [2.05, 4.69) is 24.3 Å². The Morgan fingerprint density at radius 3 is 0.909 bits per heavy atom. The summed E-state index contributed by atoms with van der Waals surface area (Å²) >= 11 is 0. The fourth-order valence-electron chi connectivity index (χ4n) is 3.43. The number of hydrogen-bond acceptors (Lipinski definition) is 4. The van der Waals surface area contributed by atoms with E-state index in [0.29, 0.717) is 0 Å². The van der Waals surface area contributed by atoms with E-state index in [1.807, 2.05) is 0 Å². The minimum Gasteiger partial charge on any atom is -0.543 e. The van der Waals surface area contributed by atoms with Gasteiger partial charge in [0.2, 0.25) is 0 Å². The molecule has 0 radical (unpaired) electrons. The SMILES string of the molecule is C1=CC2CCC1C2.C1=CC2CCC1C2.O=C([O-])C(=O)[O-].[Cu+].[Cu+]. The van der Waals surface area contributed by atoms with Crippen LogP contribution in [-0.2, 0) is 43.7 Å². The van der Waals surface area contributed by atoms with Gasteiger partial charge in [-0.15, -0.1) is 0 Å². The second kappa shape index (κ2) is 10.3. The van der Waals surface area contributed by atoms with Gasteiger partial charge >= 0.3 is 34.1 Å². The average molecular weight is 403 g/mol. The van der Waals surface area contributed by atoms with Crippen molar-refractivity contribution < 1.29 is 53.9 Å². The number of carbonyl (C=O) groups excluding carboxylic acids is 2. The van der Waals surface area contributed by atoms with E-state index >= 15 is 0 Å². The van der Waals surface area contributed by atoms with Crippen molar-refractivity contribution in [3.05, 3.63) is 24.3 Å². The number of rotatable bonds is 0. The zero-order valence-electron chi connectivity index (χ0n) is 12.1. The molecule has 22 heavy (non-hydrogen) atoms. The molecule has 0 N–H and O–H groups in total. The van der Waals surface area contributed by atoms with Crippen LogP contribution in [0.3, 0.4) is 0 Å². The molecule has 4 unspecified atom stereocenters. The van der Waals surface area contributed by atoms with E-state index in [-0.39, 0.29) is 34.1 Å². The van der Waals surface area contributed by atoms with Crippen molar-refractivity contribution in [3.63, 3.8) is 0 Å². The second-order valence-corrected chi connectivity index (χ2v) is 6.01. The molecule has 4 nitrogen and oxygen atoms in total. The number of hydrogen-bond donors (Lipinski definition) is 0. The third kappa shape index (κ3) is 6.70. The van der Waals surface area contributed by atoms with Crippen LogP contribution >= 0.6 is 0 Å². The first-order valence-electron chi connectivity index (χ1n) is 7.33. The van der Waals surface area contributed by atoms with Crippen LogP contribution in [0.5, 0.6) is 0 Å². The summed E-state index contributed by atoms with van der Waals surface area (Å²) in [6.45, 7) is 0. The average Bonchev–Trinajstić information content (AvgIpc) is 3.22. The Bertz CT molecular complexity index is 370. The molecule has 0 amide bonds. The Hall–Kier alpha value is -0.541. The predicted octanol–water partition coefficient (Wildman–Crippen LogP) is 0.426. The first kappa shape index (κ1) is 21.5. The summed E-state index contributed by atoms with van der Waals surface area (Å²) in [5.41, 5.74) is 0. The van der Waals surface area contributed by atoms with E-state index in [1.54, 1.807) is 0 Å². The van der Waals surface area contributed by atoms with Gasteiger partial charge in [0.25, 0.3) is 0 Å². The van der Waals surface area contributed by atoms with Gasteiger partial charge in [0, 0.05) is 0 Å². The van der Waals surface area contributed by atoms with Crippen molar-refractivity contribution in [1.29, 1.82) is 0 Å². The summed E-state index contributed by atoms with van der Waals surface area (Å²) in [4.78, 5) is 17.9. The van der Waals surface area contributed by atoms with E-state index in [1.165, 1.54) is 38.5 Å². The molecule has 130 valence electrons. The molecular weight excluding hydrogens is 383 g/mol. The summed E-state index contributed by atoms with van der Waals surface area (Å²) in [5, 5.41) is 17.9. The zero-order chi connectivity index (χ0) is 14.5.